The summed E-state index contributed by atoms with van der Waals surface area (Å²) in [5.74, 6) is 1.78. The number of benzene rings is 2. The molecule has 3 nitrogen and oxygen atoms in total. The maximum absolute atomic E-state index is 10.5. The molecule has 2 aromatic rings. The van der Waals surface area contributed by atoms with Crippen LogP contribution in [0.3, 0.4) is 0 Å². The zero-order chi connectivity index (χ0) is 15.2. The molecule has 0 aromatic heterocycles. The molecule has 0 amide bonds. The van der Waals surface area contributed by atoms with Gasteiger partial charge >= 0.3 is 0 Å². The summed E-state index contributed by atoms with van der Waals surface area (Å²) in [7, 11) is 3.18. The molecule has 2 rings (SSSR count). The number of hydrogen-bond acceptors (Lipinski definition) is 4. The first-order valence-electron chi connectivity index (χ1n) is 6.43. The molecule has 0 radical (unpaired) electrons. The highest BCUT2D eigenvalue weighted by atomic mass is 79.9. The van der Waals surface area contributed by atoms with E-state index in [9.17, 15) is 5.11 Å². The number of aliphatic hydroxyl groups excluding tert-OH is 1. The number of methoxy groups -OCH3 is 2. The van der Waals surface area contributed by atoms with Gasteiger partial charge in [0.2, 0.25) is 0 Å². The lowest BCUT2D eigenvalue weighted by Gasteiger charge is -2.18. The predicted octanol–water partition coefficient (Wildman–Crippen LogP) is 4.29. The van der Waals surface area contributed by atoms with Crippen molar-refractivity contribution >= 4 is 27.7 Å². The normalized spacial score (nSPS) is 12.0. The van der Waals surface area contributed by atoms with Gasteiger partial charge < -0.3 is 14.6 Å². The number of hydrogen-bond donors (Lipinski definition) is 1. The van der Waals surface area contributed by atoms with Crippen molar-refractivity contribution in [3.8, 4) is 11.5 Å². The maximum atomic E-state index is 10.5. The van der Waals surface area contributed by atoms with Crippen molar-refractivity contribution in [2.24, 2.45) is 0 Å². The molecule has 0 aliphatic carbocycles. The van der Waals surface area contributed by atoms with Crippen LogP contribution in [0.25, 0.3) is 0 Å². The van der Waals surface area contributed by atoms with Gasteiger partial charge in [-0.15, -0.1) is 11.8 Å². The average Bonchev–Trinajstić information content (AvgIpc) is 2.52. The summed E-state index contributed by atoms with van der Waals surface area (Å²) in [4.78, 5) is 1.09. The smallest absolute Gasteiger partial charge is 0.128 e. The number of rotatable bonds is 6. The van der Waals surface area contributed by atoms with Crippen LogP contribution in [-0.4, -0.2) is 25.1 Å². The van der Waals surface area contributed by atoms with E-state index in [1.165, 1.54) is 0 Å². The molecule has 0 aliphatic heterocycles. The summed E-state index contributed by atoms with van der Waals surface area (Å²) in [6.07, 6.45) is -0.673. The van der Waals surface area contributed by atoms with Crippen molar-refractivity contribution in [2.45, 2.75) is 11.0 Å². The quantitative estimate of drug-likeness (QED) is 0.771. The van der Waals surface area contributed by atoms with Gasteiger partial charge in [0.1, 0.15) is 11.5 Å². The Hall–Kier alpha value is -1.17. The second kappa shape index (κ2) is 7.73. The third-order valence-corrected chi connectivity index (χ3v) is 5.14. The highest BCUT2D eigenvalue weighted by molar-refractivity contribution is 9.10. The summed E-state index contributed by atoms with van der Waals surface area (Å²) >= 11 is 5.09. The highest BCUT2D eigenvalue weighted by Crippen LogP contribution is 2.37. The minimum absolute atomic E-state index is 0.513. The first-order chi connectivity index (χ1) is 10.2. The van der Waals surface area contributed by atoms with Crippen LogP contribution < -0.4 is 9.47 Å². The van der Waals surface area contributed by atoms with Crippen LogP contribution in [-0.2, 0) is 0 Å². The maximum Gasteiger partial charge on any atom is 0.128 e. The summed E-state index contributed by atoms with van der Waals surface area (Å²) in [5.41, 5.74) is 0.682. The summed E-state index contributed by atoms with van der Waals surface area (Å²) in [6, 6.07) is 13.4. The van der Waals surface area contributed by atoms with E-state index in [1.54, 1.807) is 26.0 Å². The highest BCUT2D eigenvalue weighted by Gasteiger charge is 2.19. The van der Waals surface area contributed by atoms with Crippen LogP contribution in [0.15, 0.2) is 51.8 Å². The Morgan fingerprint density at radius 1 is 1.05 bits per heavy atom. The largest absolute Gasteiger partial charge is 0.496 e. The zero-order valence-electron chi connectivity index (χ0n) is 11.9. The molecule has 0 saturated carbocycles. The number of halogens is 1. The van der Waals surface area contributed by atoms with E-state index in [-0.39, 0.29) is 0 Å². The van der Waals surface area contributed by atoms with Gasteiger partial charge in [0.05, 0.1) is 25.9 Å². The van der Waals surface area contributed by atoms with Crippen LogP contribution in [0.2, 0.25) is 0 Å². The van der Waals surface area contributed by atoms with Crippen molar-refractivity contribution in [2.75, 3.05) is 20.0 Å². The van der Waals surface area contributed by atoms with E-state index in [1.807, 2.05) is 42.5 Å². The van der Waals surface area contributed by atoms with Gasteiger partial charge in [-0.1, -0.05) is 18.2 Å². The van der Waals surface area contributed by atoms with Crippen LogP contribution in [0, 0.1) is 0 Å². The number of ether oxygens (including phenoxy) is 2. The van der Waals surface area contributed by atoms with Crippen LogP contribution in [0.5, 0.6) is 11.5 Å². The molecule has 2 aromatic carbocycles. The molecule has 1 atom stereocenters. The fraction of sp³-hybridized carbons (Fsp3) is 0.250. The van der Waals surface area contributed by atoms with Gasteiger partial charge in [0, 0.05) is 15.1 Å². The van der Waals surface area contributed by atoms with E-state index in [0.717, 1.165) is 9.37 Å². The van der Waals surface area contributed by atoms with Crippen molar-refractivity contribution in [3.05, 3.63) is 52.5 Å². The Balaban J connectivity index is 2.17. The first-order valence-corrected chi connectivity index (χ1v) is 8.21. The van der Waals surface area contributed by atoms with Crippen LogP contribution >= 0.6 is 27.7 Å². The minimum Gasteiger partial charge on any atom is -0.496 e. The molecule has 112 valence electrons. The van der Waals surface area contributed by atoms with E-state index >= 15 is 0 Å². The summed E-state index contributed by atoms with van der Waals surface area (Å²) in [5, 5.41) is 10.5. The van der Waals surface area contributed by atoms with Gasteiger partial charge in [-0.05, 0) is 40.2 Å². The van der Waals surface area contributed by atoms with Crippen molar-refractivity contribution in [1.29, 1.82) is 0 Å². The van der Waals surface area contributed by atoms with Gasteiger partial charge in [0.15, 0.2) is 0 Å². The molecule has 5 heteroatoms. The molecule has 0 fully saturated rings. The van der Waals surface area contributed by atoms with E-state index in [4.69, 9.17) is 9.47 Å². The lowest BCUT2D eigenvalue weighted by molar-refractivity contribution is 0.193. The summed E-state index contributed by atoms with van der Waals surface area (Å²) < 4.78 is 11.7. The fourth-order valence-electron chi connectivity index (χ4n) is 2.02. The van der Waals surface area contributed by atoms with Crippen molar-refractivity contribution in [1.82, 2.24) is 0 Å². The minimum atomic E-state index is -0.673. The Kier molecular flexibility index (Phi) is 5.96. The number of aliphatic hydroxyl groups is 1. The molecule has 0 bridgehead atoms. The van der Waals surface area contributed by atoms with Crippen molar-refractivity contribution < 1.29 is 14.6 Å². The average molecular weight is 369 g/mol. The monoisotopic (exact) mass is 368 g/mol. The summed E-state index contributed by atoms with van der Waals surface area (Å²) in [6.45, 7) is 0. The lowest BCUT2D eigenvalue weighted by Crippen LogP contribution is -2.06. The Bertz CT molecular complexity index is 582. The lowest BCUT2D eigenvalue weighted by atomic mass is 10.1. The zero-order valence-corrected chi connectivity index (χ0v) is 14.3. The second-order valence-electron chi connectivity index (χ2n) is 4.33. The van der Waals surface area contributed by atoms with Gasteiger partial charge in [-0.2, -0.15) is 0 Å². The van der Waals surface area contributed by atoms with E-state index in [0.29, 0.717) is 22.8 Å². The molecule has 0 spiro atoms. The SMILES string of the molecule is COc1cccc(OC)c1C(O)CSc1ccccc1Br. The number of thioether (sulfide) groups is 1. The topological polar surface area (TPSA) is 38.7 Å². The second-order valence-corrected chi connectivity index (χ2v) is 6.25. The Labute approximate surface area is 137 Å². The van der Waals surface area contributed by atoms with Gasteiger partial charge in [-0.25, -0.2) is 0 Å². The first kappa shape index (κ1) is 16.2. The third kappa shape index (κ3) is 3.93. The molecule has 0 saturated heterocycles. The van der Waals surface area contributed by atoms with Gasteiger partial charge in [-0.3, -0.25) is 0 Å². The third-order valence-electron chi connectivity index (χ3n) is 3.03. The molecular formula is C16H17BrO3S. The predicted molar refractivity (Wildman–Crippen MR) is 89.4 cm³/mol. The molecule has 21 heavy (non-hydrogen) atoms. The molecule has 1 N–H and O–H groups in total. The standard InChI is InChI=1S/C16H17BrO3S/c1-19-13-7-5-8-14(20-2)16(13)12(18)10-21-15-9-4-3-6-11(15)17/h3-9,12,18H,10H2,1-2H3. The van der Waals surface area contributed by atoms with Gasteiger partial charge in [0.25, 0.3) is 0 Å². The molecule has 0 heterocycles. The Morgan fingerprint density at radius 2 is 1.67 bits per heavy atom. The van der Waals surface area contributed by atoms with Crippen molar-refractivity contribution in [3.63, 3.8) is 0 Å². The molecule has 0 aliphatic rings. The van der Waals surface area contributed by atoms with Crippen LogP contribution in [0.1, 0.15) is 11.7 Å². The molecular weight excluding hydrogens is 352 g/mol. The van der Waals surface area contributed by atoms with Crippen LogP contribution in [0.4, 0.5) is 0 Å². The molecule has 1 unspecified atom stereocenters. The van der Waals surface area contributed by atoms with E-state index in [2.05, 4.69) is 15.9 Å². The Morgan fingerprint density at radius 3 is 2.24 bits per heavy atom. The van der Waals surface area contributed by atoms with E-state index < -0.39 is 6.10 Å². The fourth-order valence-corrected chi connectivity index (χ4v) is 3.54.